The van der Waals surface area contributed by atoms with Crippen LogP contribution in [-0.4, -0.2) is 25.9 Å². The first-order valence-corrected chi connectivity index (χ1v) is 18.1. The number of hydrogen-bond acceptors (Lipinski definition) is 5. The third-order valence-corrected chi connectivity index (χ3v) is 15.5. The molecule has 1 aliphatic rings. The second-order valence-corrected chi connectivity index (χ2v) is 18.3. The zero-order chi connectivity index (χ0) is 24.3. The number of amides is 1. The van der Waals surface area contributed by atoms with E-state index in [0.717, 1.165) is 40.5 Å². The normalized spacial score (nSPS) is 16.5. The molecule has 0 aliphatic carbocycles. The number of rotatable bonds is 9. The summed E-state index contributed by atoms with van der Waals surface area (Å²) in [6.07, 6.45) is 5.52. The predicted octanol–water partition coefficient (Wildman–Crippen LogP) is 2.95. The van der Waals surface area contributed by atoms with Crippen LogP contribution in [0.1, 0.15) is 31.2 Å². The average Bonchev–Trinajstić information content (AvgIpc) is 3.45. The molecule has 2 heterocycles. The van der Waals surface area contributed by atoms with E-state index in [0.29, 0.717) is 16.0 Å². The summed E-state index contributed by atoms with van der Waals surface area (Å²) in [5.41, 5.74) is 1.55. The molecule has 1 amide bonds. The average molecular weight is 746 g/mol. The van der Waals surface area contributed by atoms with Gasteiger partial charge in [-0.1, -0.05) is 11.6 Å². The molecule has 4 rings (SSSR count). The fraction of sp³-hybridized carbons (Fsp3) is 0.304. The molecule has 3 aromatic rings. The van der Waals surface area contributed by atoms with E-state index in [2.05, 4.69) is 27.6 Å². The first kappa shape index (κ1) is 26.2. The van der Waals surface area contributed by atoms with E-state index in [-0.39, 0.29) is 21.7 Å². The molecule has 1 aromatic heterocycles. The molecule has 2 aromatic carbocycles. The molecule has 1 atom stereocenters. The van der Waals surface area contributed by atoms with Gasteiger partial charge in [0.05, 0.1) is 5.02 Å². The monoisotopic (exact) mass is 745 g/mol. The third-order valence-electron chi connectivity index (χ3n) is 5.68. The van der Waals surface area contributed by atoms with Crippen LogP contribution in [0.25, 0.3) is 0 Å². The van der Waals surface area contributed by atoms with Crippen LogP contribution < -0.4 is 24.7 Å². The third kappa shape index (κ3) is 6.11. The number of benzene rings is 2. The molecule has 182 valence electrons. The molecule has 0 N–H and O–H groups in total. The van der Waals surface area contributed by atoms with E-state index >= 15 is 0 Å². The molecule has 1 fully saturated rings. The van der Waals surface area contributed by atoms with Gasteiger partial charge >= 0.3 is 161 Å². The Bertz CT molecular complexity index is 1270. The van der Waals surface area contributed by atoms with Crippen molar-refractivity contribution in [3.05, 3.63) is 71.0 Å². The second-order valence-electron chi connectivity index (χ2n) is 7.84. The summed E-state index contributed by atoms with van der Waals surface area (Å²) in [6.45, 7) is 0.620. The van der Waals surface area contributed by atoms with E-state index < -0.39 is 32.6 Å². The van der Waals surface area contributed by atoms with Crippen LogP contribution in [-0.2, 0) is 18.2 Å². The molecular formula is C23H21ClFI2N2O3S2-. The first-order chi connectivity index (χ1) is 16.3. The van der Waals surface area contributed by atoms with Crippen molar-refractivity contribution in [1.29, 1.82) is 0 Å². The number of unbranched alkanes of at least 4 members (excludes halogenated alkanes) is 1. The summed E-state index contributed by atoms with van der Waals surface area (Å²) in [5, 5.41) is 1.97. The number of thiazole rings is 1. The molecule has 1 aliphatic heterocycles. The fourth-order valence-electron chi connectivity index (χ4n) is 3.92. The number of carbonyl (C=O) groups is 1. The number of carbonyl (C=O) groups excluding carboxylic acids is 1. The number of anilines is 1. The van der Waals surface area contributed by atoms with Gasteiger partial charge in [0.15, 0.2) is 0 Å². The maximum atomic E-state index is 13.7. The Kier molecular flexibility index (Phi) is 8.86. The van der Waals surface area contributed by atoms with Crippen LogP contribution in [0.2, 0.25) is 5.02 Å². The van der Waals surface area contributed by atoms with Crippen molar-refractivity contribution in [2.24, 2.45) is 5.92 Å². The van der Waals surface area contributed by atoms with Crippen molar-refractivity contribution in [3.8, 4) is 0 Å². The van der Waals surface area contributed by atoms with Gasteiger partial charge in [0.1, 0.15) is 5.82 Å². The number of nitrogens with zero attached hydrogens (tertiary/aromatic N) is 2. The van der Waals surface area contributed by atoms with Crippen molar-refractivity contribution in [3.63, 3.8) is 0 Å². The minimum absolute atomic E-state index is 0.0544. The maximum absolute atomic E-state index is 13.7. The molecule has 1 saturated heterocycles. The van der Waals surface area contributed by atoms with E-state index in [9.17, 15) is 17.6 Å². The Hall–Kier alpha value is -0.830. The predicted molar refractivity (Wildman–Crippen MR) is 137 cm³/mol. The molecule has 0 radical (unpaired) electrons. The van der Waals surface area contributed by atoms with Gasteiger partial charge < -0.3 is 0 Å². The van der Waals surface area contributed by atoms with E-state index in [1.165, 1.54) is 17.4 Å². The van der Waals surface area contributed by atoms with Crippen LogP contribution in [0.15, 0.2) is 52.9 Å². The van der Waals surface area contributed by atoms with Gasteiger partial charge in [-0.15, -0.1) is 0 Å². The van der Waals surface area contributed by atoms with Gasteiger partial charge in [-0.25, -0.2) is 4.39 Å². The molecule has 0 saturated carbocycles. The van der Waals surface area contributed by atoms with Gasteiger partial charge in [-0.3, -0.25) is 0 Å². The molecule has 11 heteroatoms. The summed E-state index contributed by atoms with van der Waals surface area (Å²) in [4.78, 5) is 19.1. The zero-order valence-corrected chi connectivity index (χ0v) is 24.6. The molecule has 0 bridgehead atoms. The minimum atomic E-state index is -3.37. The Balaban J connectivity index is 1.31. The topological polar surface area (TPSA) is 67.3 Å². The zero-order valence-electron chi connectivity index (χ0n) is 17.9. The summed E-state index contributed by atoms with van der Waals surface area (Å²) >= 11 is 8.37. The fourth-order valence-corrected chi connectivity index (χ4v) is 13.0. The van der Waals surface area contributed by atoms with Gasteiger partial charge in [0.2, 0.25) is 0 Å². The quantitative estimate of drug-likeness (QED) is 0.146. The Morgan fingerprint density at radius 2 is 1.97 bits per heavy atom. The number of halogens is 4. The molecule has 34 heavy (non-hydrogen) atoms. The van der Waals surface area contributed by atoms with Gasteiger partial charge in [-0.05, 0) is 40.3 Å². The van der Waals surface area contributed by atoms with E-state index in [4.69, 9.17) is 11.6 Å². The van der Waals surface area contributed by atoms with Gasteiger partial charge in [-0.2, -0.15) is 0 Å². The van der Waals surface area contributed by atoms with Crippen LogP contribution in [0.4, 0.5) is 10.1 Å². The van der Waals surface area contributed by atoms with Crippen molar-refractivity contribution in [2.45, 2.75) is 37.0 Å². The Morgan fingerprint density at radius 3 is 2.68 bits per heavy atom. The van der Waals surface area contributed by atoms with Crippen LogP contribution in [0, 0.1) is 18.3 Å². The van der Waals surface area contributed by atoms with Crippen LogP contribution >= 0.6 is 45.5 Å². The standard InChI is InChI=1S/C23H21ClFI2N2O3S2/c24-21-18(20(26)10-9-19(21)25)4-2-1-3-15-11-13-29(22(15)30)16-5-7-17(8-6-16)34(31,32)27-23-28-12-14-33-23/h5-10,12,14-15H,1-4,11,13H2/q-1/t15-/m0/s1. The van der Waals surface area contributed by atoms with Crippen molar-refractivity contribution in [1.82, 2.24) is 4.98 Å². The number of aromatic nitrogens is 1. The Morgan fingerprint density at radius 1 is 1.21 bits per heavy atom. The summed E-state index contributed by atoms with van der Waals surface area (Å²) in [6, 6.07) is 9.71. The molecular weight excluding hydrogens is 725 g/mol. The summed E-state index contributed by atoms with van der Waals surface area (Å²) < 4.78 is 40.7. The molecule has 5 nitrogen and oxygen atoms in total. The molecule has 0 spiro atoms. The SMILES string of the molecule is O=C1[C@@H](CCCCc2c(I)ccc(F)c2Cl)CCN1c1ccc(S(=O)(=O)[I-]c2nccs2)cc1. The first-order valence-electron chi connectivity index (χ1n) is 10.6. The Labute approximate surface area is 229 Å². The van der Waals surface area contributed by atoms with Crippen molar-refractivity contribution >= 4 is 64.1 Å². The van der Waals surface area contributed by atoms with Gasteiger partial charge in [0.25, 0.3) is 0 Å². The van der Waals surface area contributed by atoms with E-state index in [1.54, 1.807) is 46.8 Å². The van der Waals surface area contributed by atoms with Crippen molar-refractivity contribution in [2.75, 3.05) is 11.4 Å². The summed E-state index contributed by atoms with van der Waals surface area (Å²) in [5.74, 6) is -0.382. The van der Waals surface area contributed by atoms with Crippen LogP contribution in [0.5, 0.6) is 0 Å². The van der Waals surface area contributed by atoms with E-state index in [1.807, 2.05) is 0 Å². The molecule has 0 unspecified atom stereocenters. The second kappa shape index (κ2) is 11.5. The van der Waals surface area contributed by atoms with Crippen molar-refractivity contribution < 1.29 is 37.4 Å². The van der Waals surface area contributed by atoms with Gasteiger partial charge in [0, 0.05) is 3.57 Å². The van der Waals surface area contributed by atoms with Crippen LogP contribution in [0.3, 0.4) is 0 Å². The number of hydrogen-bond donors (Lipinski definition) is 0. The summed E-state index contributed by atoms with van der Waals surface area (Å²) in [7, 11) is -3.37.